The number of hydrogen-bond acceptors (Lipinski definition) is 3. The van der Waals surface area contributed by atoms with E-state index in [2.05, 4.69) is 29.3 Å². The zero-order chi connectivity index (χ0) is 16.4. The van der Waals surface area contributed by atoms with Crippen molar-refractivity contribution in [2.24, 2.45) is 5.10 Å². The fourth-order valence-corrected chi connectivity index (χ4v) is 3.13. The van der Waals surface area contributed by atoms with Gasteiger partial charge in [-0.15, -0.1) is 0 Å². The lowest BCUT2D eigenvalue weighted by atomic mass is 9.98. The quantitative estimate of drug-likeness (QED) is 0.757. The second kappa shape index (κ2) is 6.20. The highest BCUT2D eigenvalue weighted by Gasteiger charge is 2.29. The molecule has 3 nitrogen and oxygen atoms in total. The van der Waals surface area contributed by atoms with Gasteiger partial charge in [0.25, 0.3) is 0 Å². The molecule has 3 aromatic rings. The number of aromatic hydroxyl groups is 1. The van der Waals surface area contributed by atoms with Crippen LogP contribution in [0.5, 0.6) is 5.75 Å². The minimum absolute atomic E-state index is 0.0784. The predicted octanol–water partition coefficient (Wildman–Crippen LogP) is 4.75. The van der Waals surface area contributed by atoms with Gasteiger partial charge in [-0.05, 0) is 35.4 Å². The smallest absolute Gasteiger partial charge is 0.115 e. The van der Waals surface area contributed by atoms with Crippen molar-refractivity contribution in [2.45, 2.75) is 12.5 Å². The van der Waals surface area contributed by atoms with Crippen molar-refractivity contribution < 1.29 is 5.11 Å². The van der Waals surface area contributed by atoms with E-state index >= 15 is 0 Å². The van der Waals surface area contributed by atoms with Crippen LogP contribution in [0, 0.1) is 0 Å². The molecular weight excluding hydrogens is 296 g/mol. The average Bonchev–Trinajstić information content (AvgIpc) is 3.09. The molecule has 1 N–H and O–H groups in total. The van der Waals surface area contributed by atoms with Crippen LogP contribution in [-0.2, 0) is 0 Å². The van der Waals surface area contributed by atoms with Gasteiger partial charge in [-0.3, -0.25) is 5.01 Å². The summed E-state index contributed by atoms with van der Waals surface area (Å²) in [5.74, 6) is 0.286. The molecule has 0 bridgehead atoms. The molecule has 24 heavy (non-hydrogen) atoms. The van der Waals surface area contributed by atoms with E-state index in [4.69, 9.17) is 5.10 Å². The van der Waals surface area contributed by atoms with E-state index in [1.165, 1.54) is 0 Å². The Morgan fingerprint density at radius 3 is 2.25 bits per heavy atom. The Labute approximate surface area is 141 Å². The highest BCUT2D eigenvalue weighted by molar-refractivity contribution is 6.03. The number of anilines is 1. The molecule has 0 spiro atoms. The first-order valence-electron chi connectivity index (χ1n) is 8.07. The number of phenols is 1. The summed E-state index contributed by atoms with van der Waals surface area (Å²) >= 11 is 0. The molecule has 0 amide bonds. The summed E-state index contributed by atoms with van der Waals surface area (Å²) in [6, 6.07) is 28.0. The van der Waals surface area contributed by atoms with Gasteiger partial charge in [-0.25, -0.2) is 0 Å². The second-order valence-corrected chi connectivity index (χ2v) is 5.91. The van der Waals surface area contributed by atoms with Crippen molar-refractivity contribution in [3.8, 4) is 5.75 Å². The molecule has 1 heterocycles. The summed E-state index contributed by atoms with van der Waals surface area (Å²) in [5, 5.41) is 16.8. The molecular formula is C21H18N2O. The van der Waals surface area contributed by atoms with Crippen LogP contribution in [0.4, 0.5) is 5.69 Å². The Balaban J connectivity index is 1.76. The summed E-state index contributed by atoms with van der Waals surface area (Å²) < 4.78 is 0. The maximum Gasteiger partial charge on any atom is 0.115 e. The zero-order valence-corrected chi connectivity index (χ0v) is 13.2. The van der Waals surface area contributed by atoms with Crippen LogP contribution in [0.3, 0.4) is 0 Å². The van der Waals surface area contributed by atoms with Crippen molar-refractivity contribution in [1.82, 2.24) is 0 Å². The molecule has 0 radical (unpaired) electrons. The van der Waals surface area contributed by atoms with Gasteiger partial charge in [0.2, 0.25) is 0 Å². The lowest BCUT2D eigenvalue weighted by Crippen LogP contribution is -2.18. The van der Waals surface area contributed by atoms with Crippen LogP contribution in [0.25, 0.3) is 0 Å². The number of benzene rings is 3. The predicted molar refractivity (Wildman–Crippen MR) is 97.4 cm³/mol. The summed E-state index contributed by atoms with van der Waals surface area (Å²) in [5.41, 5.74) is 4.32. The highest BCUT2D eigenvalue weighted by atomic mass is 16.3. The summed E-state index contributed by atoms with van der Waals surface area (Å²) in [6.07, 6.45) is 0.808. The van der Waals surface area contributed by atoms with Gasteiger partial charge in [0, 0.05) is 6.42 Å². The monoisotopic (exact) mass is 314 g/mol. The van der Waals surface area contributed by atoms with Gasteiger partial charge in [-0.1, -0.05) is 60.7 Å². The molecule has 1 unspecified atom stereocenters. The molecule has 3 heteroatoms. The third-order valence-electron chi connectivity index (χ3n) is 4.29. The van der Waals surface area contributed by atoms with E-state index in [0.717, 1.165) is 28.9 Å². The van der Waals surface area contributed by atoms with Gasteiger partial charge in [0.1, 0.15) is 5.75 Å². The summed E-state index contributed by atoms with van der Waals surface area (Å²) in [7, 11) is 0. The van der Waals surface area contributed by atoms with Crippen molar-refractivity contribution >= 4 is 11.4 Å². The van der Waals surface area contributed by atoms with Crippen molar-refractivity contribution in [3.63, 3.8) is 0 Å². The van der Waals surface area contributed by atoms with Gasteiger partial charge < -0.3 is 5.11 Å². The number of para-hydroxylation sites is 1. The molecule has 3 aromatic carbocycles. The first kappa shape index (κ1) is 14.5. The molecule has 0 saturated carbocycles. The number of hydrogen-bond donors (Lipinski definition) is 1. The van der Waals surface area contributed by atoms with Crippen LogP contribution < -0.4 is 5.01 Å². The van der Waals surface area contributed by atoms with Crippen LogP contribution >= 0.6 is 0 Å². The molecule has 1 atom stereocenters. The maximum absolute atomic E-state index is 9.86. The van der Waals surface area contributed by atoms with E-state index in [1.54, 1.807) is 6.07 Å². The lowest BCUT2D eigenvalue weighted by Gasteiger charge is -2.24. The minimum Gasteiger partial charge on any atom is -0.508 e. The van der Waals surface area contributed by atoms with E-state index in [1.807, 2.05) is 54.6 Å². The first-order chi connectivity index (χ1) is 11.8. The molecule has 0 aliphatic carbocycles. The fourth-order valence-electron chi connectivity index (χ4n) is 3.13. The van der Waals surface area contributed by atoms with E-state index in [-0.39, 0.29) is 11.8 Å². The largest absolute Gasteiger partial charge is 0.508 e. The lowest BCUT2D eigenvalue weighted by molar-refractivity contribution is 0.473. The van der Waals surface area contributed by atoms with Crippen LogP contribution in [-0.4, -0.2) is 10.8 Å². The number of nitrogens with zero attached hydrogens (tertiary/aromatic N) is 2. The Morgan fingerprint density at radius 1 is 0.833 bits per heavy atom. The van der Waals surface area contributed by atoms with Crippen molar-refractivity contribution in [2.75, 3.05) is 5.01 Å². The van der Waals surface area contributed by atoms with E-state index in [0.29, 0.717) is 0 Å². The first-order valence-corrected chi connectivity index (χ1v) is 8.07. The minimum atomic E-state index is 0.0784. The molecule has 118 valence electrons. The van der Waals surface area contributed by atoms with Crippen molar-refractivity contribution in [1.29, 1.82) is 0 Å². The molecule has 0 saturated heterocycles. The Kier molecular flexibility index (Phi) is 3.75. The van der Waals surface area contributed by atoms with Crippen LogP contribution in [0.2, 0.25) is 0 Å². The third-order valence-corrected chi connectivity index (χ3v) is 4.29. The Hall–Kier alpha value is -3.07. The van der Waals surface area contributed by atoms with E-state index < -0.39 is 0 Å². The highest BCUT2D eigenvalue weighted by Crippen LogP contribution is 2.37. The van der Waals surface area contributed by atoms with E-state index in [9.17, 15) is 5.11 Å². The summed E-state index contributed by atoms with van der Waals surface area (Å²) in [4.78, 5) is 0. The summed E-state index contributed by atoms with van der Waals surface area (Å²) in [6.45, 7) is 0. The normalized spacial score (nSPS) is 16.9. The number of rotatable bonds is 3. The molecule has 1 aliphatic heterocycles. The maximum atomic E-state index is 9.86. The molecule has 0 aromatic heterocycles. The third kappa shape index (κ3) is 2.76. The van der Waals surface area contributed by atoms with Gasteiger partial charge in [-0.2, -0.15) is 5.10 Å². The molecule has 0 fully saturated rings. The topological polar surface area (TPSA) is 35.8 Å². The molecule has 1 aliphatic rings. The molecule has 4 rings (SSSR count). The second-order valence-electron chi connectivity index (χ2n) is 5.91. The van der Waals surface area contributed by atoms with Gasteiger partial charge in [0.05, 0.1) is 17.4 Å². The van der Waals surface area contributed by atoms with Crippen LogP contribution in [0.1, 0.15) is 23.6 Å². The number of phenolic OH excluding ortho intramolecular Hbond substituents is 1. The SMILES string of the molecule is Oc1cccc(C2CC(c3ccccc3)=NN2c2ccccc2)c1. The van der Waals surface area contributed by atoms with Crippen LogP contribution in [0.15, 0.2) is 90.0 Å². The fraction of sp³-hybridized carbons (Fsp3) is 0.0952. The standard InChI is InChI=1S/C21H18N2O/c24-19-13-7-10-17(14-19)21-15-20(16-8-3-1-4-9-16)22-23(21)18-11-5-2-6-12-18/h1-14,21,24H,15H2. The number of hydrazone groups is 1. The van der Waals surface area contributed by atoms with Gasteiger partial charge in [0.15, 0.2) is 0 Å². The average molecular weight is 314 g/mol. The Bertz CT molecular complexity index is 859. The zero-order valence-electron chi connectivity index (χ0n) is 13.2. The van der Waals surface area contributed by atoms with Gasteiger partial charge >= 0.3 is 0 Å². The van der Waals surface area contributed by atoms with Crippen molar-refractivity contribution in [3.05, 3.63) is 96.1 Å². The Morgan fingerprint density at radius 2 is 1.54 bits per heavy atom.